The van der Waals surface area contributed by atoms with Crippen molar-refractivity contribution in [3.63, 3.8) is 0 Å². The van der Waals surface area contributed by atoms with Crippen molar-refractivity contribution in [1.82, 2.24) is 19.6 Å². The number of carbonyl (C=O) groups is 1. The molecule has 124 valence electrons. The average Bonchev–Trinajstić information content (AvgIpc) is 2.87. The average molecular weight is 323 g/mol. The molecule has 3 aromatic heterocycles. The van der Waals surface area contributed by atoms with Crippen LogP contribution in [-0.2, 0) is 4.79 Å². The standard InChI is InChI=1S/C18H21N5O/c1-12-8-10-20-17-15(12)21-16(14-7-6-9-19-11-14)22(17)23(13(2)24)18(3,4)5/h6-11H,1-5H3. The van der Waals surface area contributed by atoms with Crippen LogP contribution in [0.2, 0.25) is 0 Å². The van der Waals surface area contributed by atoms with Crippen LogP contribution in [0.1, 0.15) is 33.3 Å². The molecule has 0 N–H and O–H groups in total. The van der Waals surface area contributed by atoms with Gasteiger partial charge in [-0.05, 0) is 51.5 Å². The maximum atomic E-state index is 12.4. The monoisotopic (exact) mass is 323 g/mol. The summed E-state index contributed by atoms with van der Waals surface area (Å²) in [6.07, 6.45) is 5.20. The Kier molecular flexibility index (Phi) is 3.83. The third kappa shape index (κ3) is 2.64. The van der Waals surface area contributed by atoms with Gasteiger partial charge in [-0.2, -0.15) is 0 Å². The Labute approximate surface area is 141 Å². The fraction of sp³-hybridized carbons (Fsp3) is 0.333. The Morgan fingerprint density at radius 2 is 1.96 bits per heavy atom. The van der Waals surface area contributed by atoms with E-state index in [0.717, 1.165) is 16.6 Å². The van der Waals surface area contributed by atoms with E-state index in [4.69, 9.17) is 4.98 Å². The van der Waals surface area contributed by atoms with E-state index in [2.05, 4.69) is 9.97 Å². The van der Waals surface area contributed by atoms with Crippen LogP contribution in [0.4, 0.5) is 0 Å². The van der Waals surface area contributed by atoms with E-state index >= 15 is 0 Å². The van der Waals surface area contributed by atoms with Crippen molar-refractivity contribution in [2.24, 2.45) is 0 Å². The zero-order valence-electron chi connectivity index (χ0n) is 14.6. The van der Waals surface area contributed by atoms with Gasteiger partial charge < -0.3 is 0 Å². The summed E-state index contributed by atoms with van der Waals surface area (Å²) < 4.78 is 1.81. The molecule has 0 aliphatic heterocycles. The fourth-order valence-electron chi connectivity index (χ4n) is 2.87. The molecule has 3 rings (SSSR count). The van der Waals surface area contributed by atoms with Gasteiger partial charge in [0.1, 0.15) is 5.52 Å². The quantitative estimate of drug-likeness (QED) is 0.727. The topological polar surface area (TPSA) is 63.9 Å². The first-order valence-corrected chi connectivity index (χ1v) is 7.86. The predicted octanol–water partition coefficient (Wildman–Crippen LogP) is 3.08. The number of pyridine rings is 2. The van der Waals surface area contributed by atoms with Crippen LogP contribution < -0.4 is 5.01 Å². The van der Waals surface area contributed by atoms with E-state index in [1.807, 2.05) is 50.6 Å². The van der Waals surface area contributed by atoms with Gasteiger partial charge in [-0.15, -0.1) is 0 Å². The number of rotatable bonds is 2. The Balaban J connectivity index is 2.40. The Morgan fingerprint density at radius 1 is 1.21 bits per heavy atom. The Morgan fingerprint density at radius 3 is 2.54 bits per heavy atom. The first kappa shape index (κ1) is 16.1. The highest BCUT2D eigenvalue weighted by Gasteiger charge is 2.30. The fourth-order valence-corrected chi connectivity index (χ4v) is 2.87. The van der Waals surface area contributed by atoms with E-state index in [1.165, 1.54) is 0 Å². The molecule has 24 heavy (non-hydrogen) atoms. The molecule has 1 amide bonds. The summed E-state index contributed by atoms with van der Waals surface area (Å²) in [6.45, 7) is 9.51. The number of nitrogens with zero attached hydrogens (tertiary/aromatic N) is 5. The molecular formula is C18H21N5O. The third-order valence-electron chi connectivity index (χ3n) is 3.78. The normalized spacial score (nSPS) is 11.7. The SMILES string of the molecule is CC(=O)N(n1c(-c2cccnc2)nc2c(C)ccnc21)C(C)(C)C. The maximum Gasteiger partial charge on any atom is 0.238 e. The van der Waals surface area contributed by atoms with E-state index in [-0.39, 0.29) is 5.91 Å². The largest absolute Gasteiger partial charge is 0.273 e. The van der Waals surface area contributed by atoms with E-state index in [1.54, 1.807) is 30.5 Å². The molecule has 0 atom stereocenters. The van der Waals surface area contributed by atoms with Crippen LogP contribution in [0.25, 0.3) is 22.6 Å². The molecule has 0 aliphatic rings. The zero-order chi connectivity index (χ0) is 17.5. The second-order valence-electron chi connectivity index (χ2n) is 6.79. The molecule has 3 heterocycles. The molecule has 0 aromatic carbocycles. The molecule has 6 heteroatoms. The van der Waals surface area contributed by atoms with Crippen molar-refractivity contribution in [2.75, 3.05) is 5.01 Å². The summed E-state index contributed by atoms with van der Waals surface area (Å²) in [4.78, 5) is 25.9. The number of aryl methyl sites for hydroxylation is 1. The number of imidazole rings is 1. The lowest BCUT2D eigenvalue weighted by Crippen LogP contribution is -2.52. The van der Waals surface area contributed by atoms with Crippen LogP contribution in [0.15, 0.2) is 36.8 Å². The van der Waals surface area contributed by atoms with Crippen LogP contribution in [-0.4, -0.2) is 31.1 Å². The van der Waals surface area contributed by atoms with Crippen LogP contribution >= 0.6 is 0 Å². The van der Waals surface area contributed by atoms with Gasteiger partial charge in [0.25, 0.3) is 0 Å². The van der Waals surface area contributed by atoms with Gasteiger partial charge in [-0.25, -0.2) is 19.7 Å². The minimum Gasteiger partial charge on any atom is -0.273 e. The van der Waals surface area contributed by atoms with Gasteiger partial charge in [0.2, 0.25) is 5.91 Å². The van der Waals surface area contributed by atoms with Crippen molar-refractivity contribution in [2.45, 2.75) is 40.2 Å². The molecule has 0 aliphatic carbocycles. The van der Waals surface area contributed by atoms with Crippen LogP contribution in [0.3, 0.4) is 0 Å². The third-order valence-corrected chi connectivity index (χ3v) is 3.78. The van der Waals surface area contributed by atoms with Gasteiger partial charge in [0.15, 0.2) is 11.5 Å². The lowest BCUT2D eigenvalue weighted by Gasteiger charge is -2.36. The second kappa shape index (κ2) is 5.70. The molecule has 0 saturated carbocycles. The number of hydrogen-bond acceptors (Lipinski definition) is 4. The maximum absolute atomic E-state index is 12.4. The first-order valence-electron chi connectivity index (χ1n) is 7.86. The highest BCUT2D eigenvalue weighted by atomic mass is 16.2. The summed E-state index contributed by atoms with van der Waals surface area (Å²) in [6, 6.07) is 5.71. The Hall–Kier alpha value is -2.76. The molecule has 6 nitrogen and oxygen atoms in total. The molecule has 0 radical (unpaired) electrons. The molecule has 0 fully saturated rings. The molecule has 3 aromatic rings. The minimum absolute atomic E-state index is 0.0738. The van der Waals surface area contributed by atoms with Gasteiger partial charge in [0.05, 0.1) is 5.54 Å². The van der Waals surface area contributed by atoms with Gasteiger partial charge in [-0.1, -0.05) is 0 Å². The second-order valence-corrected chi connectivity index (χ2v) is 6.79. The highest BCUT2D eigenvalue weighted by molar-refractivity contribution is 5.89. The van der Waals surface area contributed by atoms with E-state index in [0.29, 0.717) is 11.5 Å². The number of amides is 1. The van der Waals surface area contributed by atoms with Gasteiger partial charge in [-0.3, -0.25) is 9.78 Å². The van der Waals surface area contributed by atoms with Crippen LogP contribution in [0, 0.1) is 6.92 Å². The zero-order valence-corrected chi connectivity index (χ0v) is 14.6. The van der Waals surface area contributed by atoms with E-state index < -0.39 is 5.54 Å². The number of aromatic nitrogens is 4. The number of carbonyl (C=O) groups excluding carboxylic acids is 1. The summed E-state index contributed by atoms with van der Waals surface area (Å²) in [7, 11) is 0. The minimum atomic E-state index is -0.429. The first-order chi connectivity index (χ1) is 11.3. The number of fused-ring (bicyclic) bond motifs is 1. The van der Waals surface area contributed by atoms with Crippen LogP contribution in [0.5, 0.6) is 0 Å². The van der Waals surface area contributed by atoms with Gasteiger partial charge >= 0.3 is 0 Å². The number of hydrogen-bond donors (Lipinski definition) is 0. The molecular weight excluding hydrogens is 302 g/mol. The predicted molar refractivity (Wildman–Crippen MR) is 94.1 cm³/mol. The highest BCUT2D eigenvalue weighted by Crippen LogP contribution is 2.28. The lowest BCUT2D eigenvalue weighted by atomic mass is 10.1. The van der Waals surface area contributed by atoms with Crippen molar-refractivity contribution < 1.29 is 4.79 Å². The molecule has 0 bridgehead atoms. The van der Waals surface area contributed by atoms with Crippen molar-refractivity contribution in [1.29, 1.82) is 0 Å². The van der Waals surface area contributed by atoms with Gasteiger partial charge in [0, 0.05) is 31.1 Å². The lowest BCUT2D eigenvalue weighted by molar-refractivity contribution is -0.119. The summed E-state index contributed by atoms with van der Waals surface area (Å²) in [5.41, 5.74) is 2.87. The van der Waals surface area contributed by atoms with Crippen molar-refractivity contribution in [3.8, 4) is 11.4 Å². The molecule has 0 saturated heterocycles. The summed E-state index contributed by atoms with van der Waals surface area (Å²) in [5, 5.41) is 1.69. The summed E-state index contributed by atoms with van der Waals surface area (Å²) >= 11 is 0. The van der Waals surface area contributed by atoms with Crippen molar-refractivity contribution in [3.05, 3.63) is 42.4 Å². The molecule has 0 spiro atoms. The Bertz CT molecular complexity index is 893. The van der Waals surface area contributed by atoms with E-state index in [9.17, 15) is 4.79 Å². The summed E-state index contributed by atoms with van der Waals surface area (Å²) in [5.74, 6) is 0.584. The smallest absolute Gasteiger partial charge is 0.238 e. The molecule has 0 unspecified atom stereocenters. The van der Waals surface area contributed by atoms with Crippen molar-refractivity contribution >= 4 is 17.1 Å².